The number of hydrogen-bond donors (Lipinski definition) is 2. The van der Waals surface area contributed by atoms with Crippen molar-refractivity contribution in [2.75, 3.05) is 10.6 Å². The number of ketones is 1. The summed E-state index contributed by atoms with van der Waals surface area (Å²) < 4.78 is 38.3. The molecule has 0 heterocycles. The molecule has 0 aromatic heterocycles. The zero-order valence-corrected chi connectivity index (χ0v) is 21.5. The number of rotatable bonds is 8. The predicted octanol–water partition coefficient (Wildman–Crippen LogP) is 7.08. The molecule has 0 spiro atoms. The van der Waals surface area contributed by atoms with E-state index in [-0.39, 0.29) is 23.7 Å². The van der Waals surface area contributed by atoms with Crippen LogP contribution in [0.15, 0.2) is 103 Å². The number of nitrogens with one attached hydrogen (secondary N) is 2. The number of carbonyl (C=O) groups excluding carboxylic acids is 3. The maximum Gasteiger partial charge on any atom is 0.416 e. The molecule has 4 rings (SSSR count). The van der Waals surface area contributed by atoms with Gasteiger partial charge in [0.05, 0.1) is 17.7 Å². The standard InChI is InChI=1S/C32H25F3N2O3/c1-21-7-9-23(10-8-21)19-30(39)37-28-17-16-26(20-27(28)31(40)24-5-3-2-4-6-24)36-29(38)18-13-22-11-14-25(15-12-22)32(33,34)35/h2-18,20H,19H2,1H3,(H,36,38)(H,37,39)/b18-13+. The SMILES string of the molecule is Cc1ccc(CC(=O)Nc2ccc(NC(=O)/C=C/c3ccc(C(F)(F)F)cc3)cc2C(=O)c2ccccc2)cc1. The van der Waals surface area contributed by atoms with E-state index in [1.54, 1.807) is 42.5 Å². The number of alkyl halides is 3. The van der Waals surface area contributed by atoms with E-state index in [1.807, 2.05) is 31.2 Å². The Morgan fingerprint density at radius 3 is 2.12 bits per heavy atom. The maximum absolute atomic E-state index is 13.3. The Hall–Kier alpha value is -4.98. The molecule has 0 aliphatic heterocycles. The first-order chi connectivity index (χ1) is 19.1. The molecule has 0 atom stereocenters. The number of aryl methyl sites for hydroxylation is 1. The van der Waals surface area contributed by atoms with Crippen LogP contribution in [0.1, 0.15) is 38.2 Å². The topological polar surface area (TPSA) is 75.3 Å². The lowest BCUT2D eigenvalue weighted by atomic mass is 10.0. The summed E-state index contributed by atoms with van der Waals surface area (Å²) in [4.78, 5) is 38.6. The molecule has 0 radical (unpaired) electrons. The van der Waals surface area contributed by atoms with Crippen LogP contribution < -0.4 is 10.6 Å². The van der Waals surface area contributed by atoms with Gasteiger partial charge in [-0.2, -0.15) is 13.2 Å². The van der Waals surface area contributed by atoms with E-state index < -0.39 is 17.6 Å². The van der Waals surface area contributed by atoms with Crippen molar-refractivity contribution in [1.29, 1.82) is 0 Å². The third-order valence-corrected chi connectivity index (χ3v) is 5.99. The molecule has 0 unspecified atom stereocenters. The first-order valence-electron chi connectivity index (χ1n) is 12.3. The Labute approximate surface area is 229 Å². The van der Waals surface area contributed by atoms with E-state index in [0.717, 1.165) is 23.3 Å². The molecule has 40 heavy (non-hydrogen) atoms. The Morgan fingerprint density at radius 1 is 0.800 bits per heavy atom. The molecule has 0 bridgehead atoms. The van der Waals surface area contributed by atoms with Crippen LogP contribution in [0, 0.1) is 6.92 Å². The summed E-state index contributed by atoms with van der Waals surface area (Å²) in [6.07, 6.45) is -1.77. The Morgan fingerprint density at radius 2 is 1.48 bits per heavy atom. The van der Waals surface area contributed by atoms with Gasteiger partial charge in [-0.15, -0.1) is 0 Å². The largest absolute Gasteiger partial charge is 0.416 e. The molecule has 4 aromatic rings. The van der Waals surface area contributed by atoms with E-state index in [9.17, 15) is 27.6 Å². The van der Waals surface area contributed by atoms with Crippen molar-refractivity contribution in [2.45, 2.75) is 19.5 Å². The van der Waals surface area contributed by atoms with Gasteiger partial charge in [0, 0.05) is 22.9 Å². The quantitative estimate of drug-likeness (QED) is 0.185. The molecule has 0 fully saturated rings. The molecule has 202 valence electrons. The fraction of sp³-hybridized carbons (Fsp3) is 0.0938. The smallest absolute Gasteiger partial charge is 0.325 e. The zero-order chi connectivity index (χ0) is 28.7. The van der Waals surface area contributed by atoms with E-state index in [2.05, 4.69) is 10.6 Å². The molecule has 0 aliphatic carbocycles. The molecular formula is C32H25F3N2O3. The Kier molecular flexibility index (Phi) is 8.59. The molecule has 0 saturated carbocycles. The first kappa shape index (κ1) is 28.0. The number of benzene rings is 4. The van der Waals surface area contributed by atoms with Crippen molar-refractivity contribution in [3.63, 3.8) is 0 Å². The van der Waals surface area contributed by atoms with Crippen molar-refractivity contribution in [3.8, 4) is 0 Å². The zero-order valence-electron chi connectivity index (χ0n) is 21.5. The number of carbonyl (C=O) groups is 3. The van der Waals surface area contributed by atoms with Crippen LogP contribution in [0.5, 0.6) is 0 Å². The van der Waals surface area contributed by atoms with Crippen molar-refractivity contribution < 1.29 is 27.6 Å². The second kappa shape index (κ2) is 12.3. The van der Waals surface area contributed by atoms with Gasteiger partial charge in [-0.25, -0.2) is 0 Å². The number of amides is 2. The molecule has 8 heteroatoms. The summed E-state index contributed by atoms with van der Waals surface area (Å²) in [5.41, 5.74) is 2.72. The van der Waals surface area contributed by atoms with Crippen LogP contribution >= 0.6 is 0 Å². The normalized spacial score (nSPS) is 11.3. The summed E-state index contributed by atoms with van der Waals surface area (Å²) in [5, 5.41) is 5.45. The van der Waals surface area contributed by atoms with Gasteiger partial charge in [-0.1, -0.05) is 72.3 Å². The highest BCUT2D eigenvalue weighted by Gasteiger charge is 2.29. The van der Waals surface area contributed by atoms with Gasteiger partial charge in [0.25, 0.3) is 0 Å². The highest BCUT2D eigenvalue weighted by molar-refractivity contribution is 6.15. The van der Waals surface area contributed by atoms with Crippen LogP contribution in [0.25, 0.3) is 6.08 Å². The van der Waals surface area contributed by atoms with Gasteiger partial charge >= 0.3 is 6.18 Å². The predicted molar refractivity (Wildman–Crippen MR) is 149 cm³/mol. The highest BCUT2D eigenvalue weighted by atomic mass is 19.4. The Balaban J connectivity index is 1.52. The summed E-state index contributed by atoms with van der Waals surface area (Å²) in [6, 6.07) is 25.0. The summed E-state index contributed by atoms with van der Waals surface area (Å²) in [6.45, 7) is 1.95. The minimum Gasteiger partial charge on any atom is -0.325 e. The third kappa shape index (κ3) is 7.54. The summed E-state index contributed by atoms with van der Waals surface area (Å²) in [5.74, 6) is -1.20. The van der Waals surface area contributed by atoms with E-state index in [1.165, 1.54) is 30.4 Å². The minimum atomic E-state index is -4.44. The molecule has 5 nitrogen and oxygen atoms in total. The van der Waals surface area contributed by atoms with Gasteiger partial charge in [-0.05, 0) is 54.5 Å². The number of anilines is 2. The maximum atomic E-state index is 13.3. The molecule has 2 amide bonds. The van der Waals surface area contributed by atoms with Gasteiger partial charge in [0.1, 0.15) is 0 Å². The fourth-order valence-electron chi connectivity index (χ4n) is 3.89. The van der Waals surface area contributed by atoms with Crippen LogP contribution in [-0.4, -0.2) is 17.6 Å². The van der Waals surface area contributed by atoms with E-state index in [0.29, 0.717) is 22.5 Å². The fourth-order valence-corrected chi connectivity index (χ4v) is 3.89. The molecule has 2 N–H and O–H groups in total. The summed E-state index contributed by atoms with van der Waals surface area (Å²) in [7, 11) is 0. The van der Waals surface area contributed by atoms with Crippen molar-refractivity contribution in [1.82, 2.24) is 0 Å². The van der Waals surface area contributed by atoms with Crippen molar-refractivity contribution in [3.05, 3.63) is 137 Å². The van der Waals surface area contributed by atoms with Crippen molar-refractivity contribution >= 4 is 35.0 Å². The van der Waals surface area contributed by atoms with Gasteiger partial charge < -0.3 is 10.6 Å². The monoisotopic (exact) mass is 542 g/mol. The summed E-state index contributed by atoms with van der Waals surface area (Å²) >= 11 is 0. The van der Waals surface area contributed by atoms with Gasteiger partial charge in [0.2, 0.25) is 11.8 Å². The Bertz CT molecular complexity index is 1540. The average Bonchev–Trinajstić information content (AvgIpc) is 2.94. The van der Waals surface area contributed by atoms with Gasteiger partial charge in [-0.3, -0.25) is 14.4 Å². The average molecular weight is 543 g/mol. The lowest BCUT2D eigenvalue weighted by molar-refractivity contribution is -0.137. The molecule has 4 aromatic carbocycles. The lowest BCUT2D eigenvalue weighted by Gasteiger charge is -2.13. The van der Waals surface area contributed by atoms with E-state index in [4.69, 9.17) is 0 Å². The molecule has 0 saturated heterocycles. The third-order valence-electron chi connectivity index (χ3n) is 5.99. The highest BCUT2D eigenvalue weighted by Crippen LogP contribution is 2.29. The second-order valence-electron chi connectivity index (χ2n) is 9.11. The lowest BCUT2D eigenvalue weighted by Crippen LogP contribution is -2.18. The number of halogens is 3. The second-order valence-corrected chi connectivity index (χ2v) is 9.11. The van der Waals surface area contributed by atoms with Crippen molar-refractivity contribution in [2.24, 2.45) is 0 Å². The first-order valence-corrected chi connectivity index (χ1v) is 12.3. The molecular weight excluding hydrogens is 517 g/mol. The van der Waals surface area contributed by atoms with E-state index >= 15 is 0 Å². The van der Waals surface area contributed by atoms with Gasteiger partial charge in [0.15, 0.2) is 5.78 Å². The molecule has 0 aliphatic rings. The van der Waals surface area contributed by atoms with Crippen LogP contribution in [0.3, 0.4) is 0 Å². The minimum absolute atomic E-state index is 0.118. The number of hydrogen-bond acceptors (Lipinski definition) is 3. The van der Waals surface area contributed by atoms with Crippen LogP contribution in [-0.2, 0) is 22.2 Å². The van der Waals surface area contributed by atoms with Crippen LogP contribution in [0.2, 0.25) is 0 Å². The van der Waals surface area contributed by atoms with Crippen LogP contribution in [0.4, 0.5) is 24.5 Å².